The predicted molar refractivity (Wildman–Crippen MR) is 55.2 cm³/mol. The molecule has 0 radical (unpaired) electrons. The van der Waals surface area contributed by atoms with Gasteiger partial charge in [0.15, 0.2) is 11.5 Å². The van der Waals surface area contributed by atoms with Crippen molar-refractivity contribution in [2.75, 3.05) is 0 Å². The van der Waals surface area contributed by atoms with Gasteiger partial charge in [-0.05, 0) is 12.1 Å². The average Bonchev–Trinajstić information content (AvgIpc) is 2.64. The molecule has 4 heteroatoms. The van der Waals surface area contributed by atoms with E-state index in [1.54, 1.807) is 24.3 Å². The van der Waals surface area contributed by atoms with Crippen LogP contribution in [0.3, 0.4) is 0 Å². The van der Waals surface area contributed by atoms with Crippen LogP contribution in [0.2, 0.25) is 10.0 Å². The quantitative estimate of drug-likeness (QED) is 0.762. The Hall–Kier alpha value is -1.12. The largest absolute Gasteiger partial charge is 0.469 e. The average molecular weight is 229 g/mol. The maximum Gasteiger partial charge on any atom is 0.165 e. The SMILES string of the molecule is Clc1cccc(Cl)c1Oc1ccoc1. The van der Waals surface area contributed by atoms with Gasteiger partial charge in [-0.2, -0.15) is 0 Å². The lowest BCUT2D eigenvalue weighted by molar-refractivity contribution is 0.466. The smallest absolute Gasteiger partial charge is 0.165 e. The van der Waals surface area contributed by atoms with E-state index in [-0.39, 0.29) is 0 Å². The molecular weight excluding hydrogens is 223 g/mol. The highest BCUT2D eigenvalue weighted by Gasteiger charge is 2.07. The number of hydrogen-bond acceptors (Lipinski definition) is 2. The molecule has 2 aromatic rings. The number of halogens is 2. The van der Waals surface area contributed by atoms with Gasteiger partial charge >= 0.3 is 0 Å². The number of rotatable bonds is 2. The minimum Gasteiger partial charge on any atom is -0.469 e. The fraction of sp³-hybridized carbons (Fsp3) is 0. The summed E-state index contributed by atoms with van der Waals surface area (Å²) in [6.07, 6.45) is 2.99. The lowest BCUT2D eigenvalue weighted by Gasteiger charge is -2.06. The van der Waals surface area contributed by atoms with Gasteiger partial charge < -0.3 is 9.15 Å². The summed E-state index contributed by atoms with van der Waals surface area (Å²) in [5, 5.41) is 0.942. The summed E-state index contributed by atoms with van der Waals surface area (Å²) >= 11 is 11.8. The number of ether oxygens (including phenoxy) is 1. The molecule has 72 valence electrons. The summed E-state index contributed by atoms with van der Waals surface area (Å²) in [7, 11) is 0. The Balaban J connectivity index is 2.33. The normalized spacial score (nSPS) is 10.1. The van der Waals surface area contributed by atoms with Crippen LogP contribution in [0, 0.1) is 0 Å². The van der Waals surface area contributed by atoms with E-state index in [1.807, 2.05) is 0 Å². The molecule has 1 heterocycles. The molecule has 0 aliphatic carbocycles. The Morgan fingerprint density at radius 2 is 1.79 bits per heavy atom. The molecule has 0 fully saturated rings. The molecule has 0 N–H and O–H groups in total. The third kappa shape index (κ3) is 1.86. The van der Waals surface area contributed by atoms with E-state index in [1.165, 1.54) is 12.5 Å². The molecule has 0 bridgehead atoms. The first kappa shape index (κ1) is 9.44. The molecule has 0 saturated heterocycles. The fourth-order valence-corrected chi connectivity index (χ4v) is 1.48. The highest BCUT2D eigenvalue weighted by molar-refractivity contribution is 6.37. The number of hydrogen-bond donors (Lipinski definition) is 0. The molecule has 0 aliphatic heterocycles. The Bertz CT molecular complexity index is 403. The first-order valence-corrected chi connectivity index (χ1v) is 4.67. The standard InChI is InChI=1S/C10H6Cl2O2/c11-8-2-1-3-9(12)10(8)14-7-4-5-13-6-7/h1-6H. The lowest BCUT2D eigenvalue weighted by Crippen LogP contribution is -1.83. The van der Waals surface area contributed by atoms with E-state index in [9.17, 15) is 0 Å². The zero-order valence-electron chi connectivity index (χ0n) is 7.04. The van der Waals surface area contributed by atoms with Gasteiger partial charge in [0, 0.05) is 6.07 Å². The maximum atomic E-state index is 5.91. The first-order valence-electron chi connectivity index (χ1n) is 3.91. The van der Waals surface area contributed by atoms with Crippen LogP contribution >= 0.6 is 23.2 Å². The van der Waals surface area contributed by atoms with Crippen molar-refractivity contribution in [2.24, 2.45) is 0 Å². The monoisotopic (exact) mass is 228 g/mol. The van der Waals surface area contributed by atoms with Gasteiger partial charge in [-0.15, -0.1) is 0 Å². The molecule has 2 nitrogen and oxygen atoms in total. The van der Waals surface area contributed by atoms with Crippen LogP contribution in [0.15, 0.2) is 41.2 Å². The molecule has 2 rings (SSSR count). The molecule has 0 atom stereocenters. The van der Waals surface area contributed by atoms with Crippen LogP contribution in [0.25, 0.3) is 0 Å². The molecular formula is C10H6Cl2O2. The first-order chi connectivity index (χ1) is 6.77. The van der Waals surface area contributed by atoms with Gasteiger partial charge in [0.2, 0.25) is 0 Å². The van der Waals surface area contributed by atoms with Gasteiger partial charge in [-0.25, -0.2) is 0 Å². The molecule has 0 spiro atoms. The Morgan fingerprint density at radius 3 is 2.36 bits per heavy atom. The second-order valence-corrected chi connectivity index (χ2v) is 3.43. The molecule has 0 aliphatic rings. The molecule has 0 amide bonds. The van der Waals surface area contributed by atoms with Crippen molar-refractivity contribution in [1.82, 2.24) is 0 Å². The van der Waals surface area contributed by atoms with Crippen molar-refractivity contribution in [3.8, 4) is 11.5 Å². The number of para-hydroxylation sites is 1. The van der Waals surface area contributed by atoms with Crippen molar-refractivity contribution in [3.05, 3.63) is 46.8 Å². The summed E-state index contributed by atoms with van der Waals surface area (Å²) in [6.45, 7) is 0. The van der Waals surface area contributed by atoms with Gasteiger partial charge in [0.1, 0.15) is 6.26 Å². The summed E-state index contributed by atoms with van der Waals surface area (Å²) < 4.78 is 10.3. The van der Waals surface area contributed by atoms with Crippen molar-refractivity contribution < 1.29 is 9.15 Å². The van der Waals surface area contributed by atoms with Crippen LogP contribution in [0.5, 0.6) is 11.5 Å². The summed E-state index contributed by atoms with van der Waals surface area (Å²) in [4.78, 5) is 0. The van der Waals surface area contributed by atoms with E-state index in [0.717, 1.165) is 0 Å². The molecule has 1 aromatic heterocycles. The Morgan fingerprint density at radius 1 is 1.07 bits per heavy atom. The second-order valence-electron chi connectivity index (χ2n) is 2.61. The fourth-order valence-electron chi connectivity index (χ4n) is 1.01. The maximum absolute atomic E-state index is 5.91. The van der Waals surface area contributed by atoms with E-state index >= 15 is 0 Å². The summed E-state index contributed by atoms with van der Waals surface area (Å²) in [5.41, 5.74) is 0. The summed E-state index contributed by atoms with van der Waals surface area (Å²) in [5.74, 6) is 1.01. The van der Waals surface area contributed by atoms with Crippen LogP contribution in [0.1, 0.15) is 0 Å². The molecule has 14 heavy (non-hydrogen) atoms. The summed E-state index contributed by atoms with van der Waals surface area (Å²) in [6, 6.07) is 6.86. The second kappa shape index (κ2) is 3.95. The van der Waals surface area contributed by atoms with Crippen LogP contribution in [-0.2, 0) is 0 Å². The minimum atomic E-state index is 0.442. The minimum absolute atomic E-state index is 0.442. The molecule has 0 saturated carbocycles. The number of benzene rings is 1. The third-order valence-corrected chi connectivity index (χ3v) is 2.23. The van der Waals surface area contributed by atoms with Crippen LogP contribution in [-0.4, -0.2) is 0 Å². The molecule has 1 aromatic carbocycles. The lowest BCUT2D eigenvalue weighted by atomic mass is 10.3. The third-order valence-electron chi connectivity index (χ3n) is 1.63. The highest BCUT2D eigenvalue weighted by Crippen LogP contribution is 2.35. The van der Waals surface area contributed by atoms with Gasteiger partial charge in [-0.1, -0.05) is 29.3 Å². The van der Waals surface area contributed by atoms with Crippen LogP contribution < -0.4 is 4.74 Å². The predicted octanol–water partition coefficient (Wildman–Crippen LogP) is 4.38. The van der Waals surface area contributed by atoms with E-state index in [0.29, 0.717) is 21.5 Å². The Kier molecular flexibility index (Phi) is 2.66. The van der Waals surface area contributed by atoms with Gasteiger partial charge in [0.05, 0.1) is 16.3 Å². The van der Waals surface area contributed by atoms with Gasteiger partial charge in [0.25, 0.3) is 0 Å². The van der Waals surface area contributed by atoms with Crippen molar-refractivity contribution >= 4 is 23.2 Å². The van der Waals surface area contributed by atoms with E-state index in [2.05, 4.69) is 0 Å². The van der Waals surface area contributed by atoms with Crippen molar-refractivity contribution in [1.29, 1.82) is 0 Å². The number of furan rings is 1. The zero-order valence-corrected chi connectivity index (χ0v) is 8.55. The molecule has 0 unspecified atom stereocenters. The topological polar surface area (TPSA) is 22.4 Å². The zero-order chi connectivity index (χ0) is 9.97. The highest BCUT2D eigenvalue weighted by atomic mass is 35.5. The van der Waals surface area contributed by atoms with Gasteiger partial charge in [-0.3, -0.25) is 0 Å². The van der Waals surface area contributed by atoms with Crippen LogP contribution in [0.4, 0.5) is 0 Å². The Labute approximate surface area is 91.0 Å². The van der Waals surface area contributed by atoms with E-state index < -0.39 is 0 Å². The van der Waals surface area contributed by atoms with Crippen molar-refractivity contribution in [2.45, 2.75) is 0 Å². The van der Waals surface area contributed by atoms with E-state index in [4.69, 9.17) is 32.4 Å². The van der Waals surface area contributed by atoms with Crippen molar-refractivity contribution in [3.63, 3.8) is 0 Å².